The maximum Gasteiger partial charge on any atom is 0.219 e. The number of halogens is 1. The molecule has 4 rings (SSSR count). The third-order valence-corrected chi connectivity index (χ3v) is 6.90. The van der Waals surface area contributed by atoms with Crippen molar-refractivity contribution in [2.75, 3.05) is 42.7 Å². The minimum absolute atomic E-state index is 0.0805. The van der Waals surface area contributed by atoms with Crippen LogP contribution in [0, 0.1) is 5.82 Å². The number of nitrogens with two attached hydrogens (primary N) is 1. The van der Waals surface area contributed by atoms with Gasteiger partial charge in [-0.15, -0.1) is 0 Å². The SMILES string of the molecule is Nc1ncc(-c2cc(N3CCOCC3)cc(S(=O)(=O)CCc3ccc(F)cc3)c2)cn1. The summed E-state index contributed by atoms with van der Waals surface area (Å²) >= 11 is 0. The third-order valence-electron chi connectivity index (χ3n) is 5.20. The molecular formula is C22H23FN4O3S. The van der Waals surface area contributed by atoms with Gasteiger partial charge in [-0.3, -0.25) is 0 Å². The maximum absolute atomic E-state index is 13.2. The molecule has 2 N–H and O–H groups in total. The van der Waals surface area contributed by atoms with Crippen LogP contribution in [0.5, 0.6) is 0 Å². The van der Waals surface area contributed by atoms with Gasteiger partial charge in [-0.25, -0.2) is 22.8 Å². The zero-order chi connectivity index (χ0) is 21.8. The molecule has 1 aliphatic rings. The summed E-state index contributed by atoms with van der Waals surface area (Å²) in [5.74, 6) is -0.275. The second-order valence-electron chi connectivity index (χ2n) is 7.34. The van der Waals surface area contributed by atoms with Crippen LogP contribution >= 0.6 is 0 Å². The first-order valence-corrected chi connectivity index (χ1v) is 11.6. The quantitative estimate of drug-likeness (QED) is 0.627. The van der Waals surface area contributed by atoms with Crippen molar-refractivity contribution in [2.24, 2.45) is 0 Å². The number of benzene rings is 2. The lowest BCUT2D eigenvalue weighted by molar-refractivity contribution is 0.122. The van der Waals surface area contributed by atoms with E-state index in [4.69, 9.17) is 10.5 Å². The molecule has 1 aliphatic heterocycles. The van der Waals surface area contributed by atoms with Gasteiger partial charge in [0.2, 0.25) is 5.95 Å². The van der Waals surface area contributed by atoms with Crippen LogP contribution in [-0.4, -0.2) is 50.4 Å². The molecule has 0 spiro atoms. The Labute approximate surface area is 180 Å². The lowest BCUT2D eigenvalue weighted by Gasteiger charge is -2.29. The Morgan fingerprint density at radius 2 is 1.68 bits per heavy atom. The van der Waals surface area contributed by atoms with Crippen molar-refractivity contribution in [1.82, 2.24) is 9.97 Å². The second kappa shape index (κ2) is 8.99. The minimum atomic E-state index is -3.59. The standard InChI is InChI=1S/C22H23FN4O3S/c23-19-3-1-16(2-4-19)5-10-31(28,29)21-12-17(18-14-25-22(24)26-15-18)11-20(13-21)27-6-8-30-9-7-27/h1-4,11-15H,5-10H2,(H2,24,25,26). The maximum atomic E-state index is 13.2. The topological polar surface area (TPSA) is 98.4 Å². The largest absolute Gasteiger partial charge is 0.378 e. The number of hydrogen-bond acceptors (Lipinski definition) is 7. The van der Waals surface area contributed by atoms with Gasteiger partial charge in [-0.05, 0) is 47.9 Å². The number of hydrogen-bond donors (Lipinski definition) is 1. The molecule has 0 radical (unpaired) electrons. The van der Waals surface area contributed by atoms with E-state index in [-0.39, 0.29) is 22.4 Å². The van der Waals surface area contributed by atoms with Crippen LogP contribution in [0.2, 0.25) is 0 Å². The van der Waals surface area contributed by atoms with Crippen molar-refractivity contribution in [3.8, 4) is 11.1 Å². The summed E-state index contributed by atoms with van der Waals surface area (Å²) in [6.45, 7) is 2.53. The summed E-state index contributed by atoms with van der Waals surface area (Å²) in [6, 6.07) is 11.1. The van der Waals surface area contributed by atoms with E-state index in [1.807, 2.05) is 6.07 Å². The van der Waals surface area contributed by atoms with Crippen LogP contribution in [0.15, 0.2) is 59.8 Å². The second-order valence-corrected chi connectivity index (χ2v) is 9.45. The van der Waals surface area contributed by atoms with Gasteiger partial charge in [-0.1, -0.05) is 12.1 Å². The fraction of sp³-hybridized carbons (Fsp3) is 0.273. The average molecular weight is 443 g/mol. The first-order valence-electron chi connectivity index (χ1n) is 9.94. The molecule has 0 aliphatic carbocycles. The number of nitrogens with zero attached hydrogens (tertiary/aromatic N) is 3. The lowest BCUT2D eigenvalue weighted by Crippen LogP contribution is -2.36. The van der Waals surface area contributed by atoms with E-state index in [2.05, 4.69) is 14.9 Å². The first kappa shape index (κ1) is 21.2. The molecule has 0 bridgehead atoms. The molecule has 7 nitrogen and oxygen atoms in total. The van der Waals surface area contributed by atoms with Gasteiger partial charge < -0.3 is 15.4 Å². The molecule has 2 heterocycles. The van der Waals surface area contributed by atoms with Crippen molar-refractivity contribution in [3.63, 3.8) is 0 Å². The normalized spacial score (nSPS) is 14.5. The Kier molecular flexibility index (Phi) is 6.15. The molecule has 162 valence electrons. The van der Waals surface area contributed by atoms with E-state index >= 15 is 0 Å². The Hall–Kier alpha value is -3.04. The molecule has 0 amide bonds. The van der Waals surface area contributed by atoms with E-state index in [0.717, 1.165) is 11.3 Å². The molecular weight excluding hydrogens is 419 g/mol. The van der Waals surface area contributed by atoms with Gasteiger partial charge in [0.25, 0.3) is 0 Å². The summed E-state index contributed by atoms with van der Waals surface area (Å²) in [5.41, 5.74) is 8.54. The van der Waals surface area contributed by atoms with Crippen molar-refractivity contribution in [3.05, 3.63) is 66.2 Å². The van der Waals surface area contributed by atoms with Crippen LogP contribution in [0.1, 0.15) is 5.56 Å². The number of aryl methyl sites for hydroxylation is 1. The van der Waals surface area contributed by atoms with Gasteiger partial charge in [-0.2, -0.15) is 0 Å². The summed E-state index contributed by atoms with van der Waals surface area (Å²) in [6.07, 6.45) is 3.45. The highest BCUT2D eigenvalue weighted by atomic mass is 32.2. The Bertz CT molecular complexity index is 1150. The molecule has 31 heavy (non-hydrogen) atoms. The summed E-state index contributed by atoms with van der Waals surface area (Å²) in [5, 5.41) is 0. The highest BCUT2D eigenvalue weighted by Gasteiger charge is 2.20. The van der Waals surface area contributed by atoms with Crippen molar-refractivity contribution < 1.29 is 17.5 Å². The highest BCUT2D eigenvalue weighted by molar-refractivity contribution is 7.91. The van der Waals surface area contributed by atoms with Crippen LogP contribution in [0.3, 0.4) is 0 Å². The summed E-state index contributed by atoms with van der Waals surface area (Å²) in [7, 11) is -3.59. The molecule has 0 saturated carbocycles. The lowest BCUT2D eigenvalue weighted by atomic mass is 10.1. The summed E-state index contributed by atoms with van der Waals surface area (Å²) < 4.78 is 44.9. The number of anilines is 2. The van der Waals surface area contributed by atoms with Crippen LogP contribution in [-0.2, 0) is 21.0 Å². The molecule has 3 aromatic rings. The van der Waals surface area contributed by atoms with E-state index < -0.39 is 9.84 Å². The fourth-order valence-corrected chi connectivity index (χ4v) is 4.79. The van der Waals surface area contributed by atoms with E-state index in [0.29, 0.717) is 43.9 Å². The van der Waals surface area contributed by atoms with E-state index in [1.54, 1.807) is 36.7 Å². The molecule has 0 atom stereocenters. The van der Waals surface area contributed by atoms with Gasteiger partial charge in [0.15, 0.2) is 9.84 Å². The predicted octanol–water partition coefficient (Wildman–Crippen LogP) is 2.72. The Balaban J connectivity index is 1.68. The Morgan fingerprint density at radius 3 is 2.35 bits per heavy atom. The molecule has 1 aromatic heterocycles. The number of rotatable bonds is 6. The zero-order valence-electron chi connectivity index (χ0n) is 16.9. The number of ether oxygens (including phenoxy) is 1. The number of morpholine rings is 1. The minimum Gasteiger partial charge on any atom is -0.378 e. The predicted molar refractivity (Wildman–Crippen MR) is 117 cm³/mol. The van der Waals surface area contributed by atoms with Crippen molar-refractivity contribution in [1.29, 1.82) is 0 Å². The van der Waals surface area contributed by atoms with Gasteiger partial charge >= 0.3 is 0 Å². The fourth-order valence-electron chi connectivity index (χ4n) is 3.44. The molecule has 9 heteroatoms. The van der Waals surface area contributed by atoms with Crippen LogP contribution < -0.4 is 10.6 Å². The van der Waals surface area contributed by atoms with E-state index in [1.165, 1.54) is 12.1 Å². The van der Waals surface area contributed by atoms with Gasteiger partial charge in [0.1, 0.15) is 5.82 Å². The van der Waals surface area contributed by atoms with Crippen molar-refractivity contribution >= 4 is 21.5 Å². The molecule has 2 aromatic carbocycles. The van der Waals surface area contributed by atoms with Gasteiger partial charge in [0.05, 0.1) is 23.9 Å². The summed E-state index contributed by atoms with van der Waals surface area (Å²) in [4.78, 5) is 10.4. The van der Waals surface area contributed by atoms with E-state index in [9.17, 15) is 12.8 Å². The number of nitrogen functional groups attached to an aromatic ring is 1. The highest BCUT2D eigenvalue weighted by Crippen LogP contribution is 2.30. The van der Waals surface area contributed by atoms with Gasteiger partial charge in [0, 0.05) is 36.7 Å². The Morgan fingerprint density at radius 1 is 1.00 bits per heavy atom. The molecule has 1 fully saturated rings. The molecule has 0 unspecified atom stereocenters. The van der Waals surface area contributed by atoms with Crippen molar-refractivity contribution in [2.45, 2.75) is 11.3 Å². The number of sulfone groups is 1. The first-order chi connectivity index (χ1) is 14.9. The smallest absolute Gasteiger partial charge is 0.219 e. The average Bonchev–Trinajstić information content (AvgIpc) is 2.79. The number of aromatic nitrogens is 2. The monoisotopic (exact) mass is 442 g/mol. The van der Waals surface area contributed by atoms with Crippen LogP contribution in [0.25, 0.3) is 11.1 Å². The molecule has 1 saturated heterocycles. The van der Waals surface area contributed by atoms with Crippen LogP contribution in [0.4, 0.5) is 16.0 Å². The zero-order valence-corrected chi connectivity index (χ0v) is 17.7. The third kappa shape index (κ3) is 5.18.